The highest BCUT2D eigenvalue weighted by molar-refractivity contribution is 5.64. The Morgan fingerprint density at radius 2 is 1.70 bits per heavy atom. The normalized spacial score (nSPS) is 20.2. The molecule has 1 N–H and O–H groups in total. The molecule has 2 aromatic rings. The summed E-state index contributed by atoms with van der Waals surface area (Å²) in [5.74, 6) is 0.712. The van der Waals surface area contributed by atoms with E-state index in [-0.39, 0.29) is 5.82 Å². The monoisotopic (exact) mass is 311 g/mol. The first-order chi connectivity index (χ1) is 11.2. The molecule has 2 fully saturated rings. The van der Waals surface area contributed by atoms with Gasteiger partial charge in [0, 0.05) is 0 Å². The second kappa shape index (κ2) is 5.97. The molecule has 4 rings (SSSR count). The van der Waals surface area contributed by atoms with Crippen LogP contribution in [0.2, 0.25) is 0 Å². The van der Waals surface area contributed by atoms with E-state index in [4.69, 9.17) is 4.74 Å². The number of piperidine rings is 1. The number of rotatable bonds is 3. The van der Waals surface area contributed by atoms with E-state index in [0.717, 1.165) is 30.0 Å². The summed E-state index contributed by atoms with van der Waals surface area (Å²) in [5, 5.41) is 3.43. The second-order valence-electron chi connectivity index (χ2n) is 6.93. The van der Waals surface area contributed by atoms with Crippen molar-refractivity contribution in [2.75, 3.05) is 13.1 Å². The molecular formula is C20H22FNO. The van der Waals surface area contributed by atoms with Crippen molar-refractivity contribution in [2.24, 2.45) is 5.41 Å². The Labute approximate surface area is 136 Å². The van der Waals surface area contributed by atoms with Gasteiger partial charge in [-0.1, -0.05) is 24.3 Å². The van der Waals surface area contributed by atoms with Crippen LogP contribution in [0.15, 0.2) is 48.5 Å². The lowest BCUT2D eigenvalue weighted by Gasteiger charge is -2.49. The highest BCUT2D eigenvalue weighted by Gasteiger charge is 2.45. The molecule has 1 saturated heterocycles. The van der Waals surface area contributed by atoms with Gasteiger partial charge >= 0.3 is 0 Å². The van der Waals surface area contributed by atoms with E-state index in [9.17, 15) is 4.39 Å². The summed E-state index contributed by atoms with van der Waals surface area (Å²) in [6, 6.07) is 14.7. The Morgan fingerprint density at radius 3 is 2.43 bits per heavy atom. The number of hydrogen-bond donors (Lipinski definition) is 1. The Morgan fingerprint density at radius 1 is 0.957 bits per heavy atom. The molecule has 2 nitrogen and oxygen atoms in total. The molecule has 0 bridgehead atoms. The minimum absolute atomic E-state index is 0.206. The molecule has 1 aliphatic heterocycles. The lowest BCUT2D eigenvalue weighted by molar-refractivity contribution is -0.0347. The Balaban J connectivity index is 1.42. The van der Waals surface area contributed by atoms with Gasteiger partial charge in [0.25, 0.3) is 0 Å². The highest BCUT2D eigenvalue weighted by atomic mass is 19.1. The molecule has 120 valence electrons. The van der Waals surface area contributed by atoms with Crippen LogP contribution in [-0.2, 0) is 0 Å². The number of hydrogen-bond acceptors (Lipinski definition) is 2. The Bertz CT molecular complexity index is 668. The van der Waals surface area contributed by atoms with Crippen LogP contribution in [0.4, 0.5) is 4.39 Å². The van der Waals surface area contributed by atoms with Crippen molar-refractivity contribution in [1.82, 2.24) is 5.32 Å². The Kier molecular flexibility index (Phi) is 3.82. The van der Waals surface area contributed by atoms with Crippen molar-refractivity contribution >= 4 is 0 Å². The van der Waals surface area contributed by atoms with Gasteiger partial charge in [-0.05, 0) is 79.6 Å². The lowest BCUT2D eigenvalue weighted by atomic mass is 9.62. The third-order valence-corrected chi connectivity index (χ3v) is 5.30. The lowest BCUT2D eigenvalue weighted by Crippen LogP contribution is -2.49. The first-order valence-corrected chi connectivity index (χ1v) is 8.46. The number of halogens is 1. The summed E-state index contributed by atoms with van der Waals surface area (Å²) in [7, 11) is 0. The van der Waals surface area contributed by atoms with E-state index >= 15 is 0 Å². The number of nitrogens with one attached hydrogen (secondary N) is 1. The van der Waals surface area contributed by atoms with Crippen LogP contribution in [-0.4, -0.2) is 19.2 Å². The average Bonchev–Trinajstić information content (AvgIpc) is 2.55. The van der Waals surface area contributed by atoms with E-state index < -0.39 is 0 Å². The van der Waals surface area contributed by atoms with E-state index in [1.165, 1.54) is 37.8 Å². The van der Waals surface area contributed by atoms with Crippen LogP contribution in [0.5, 0.6) is 5.75 Å². The van der Waals surface area contributed by atoms with Crippen molar-refractivity contribution in [3.05, 3.63) is 54.3 Å². The van der Waals surface area contributed by atoms with Crippen LogP contribution in [0.1, 0.15) is 25.7 Å². The van der Waals surface area contributed by atoms with Gasteiger partial charge in [-0.15, -0.1) is 0 Å². The zero-order chi connectivity index (χ0) is 15.7. The van der Waals surface area contributed by atoms with Gasteiger partial charge in [0.1, 0.15) is 11.6 Å². The average molecular weight is 311 g/mol. The van der Waals surface area contributed by atoms with E-state index in [1.807, 2.05) is 30.3 Å². The third kappa shape index (κ3) is 3.11. The van der Waals surface area contributed by atoms with Crippen LogP contribution >= 0.6 is 0 Å². The van der Waals surface area contributed by atoms with Crippen LogP contribution in [0.3, 0.4) is 0 Å². The first kappa shape index (κ1) is 14.7. The molecule has 0 atom stereocenters. The molecule has 3 heteroatoms. The second-order valence-corrected chi connectivity index (χ2v) is 6.93. The quantitative estimate of drug-likeness (QED) is 0.907. The predicted molar refractivity (Wildman–Crippen MR) is 90.0 cm³/mol. The van der Waals surface area contributed by atoms with Crippen LogP contribution in [0.25, 0.3) is 11.1 Å². The Hall–Kier alpha value is -1.87. The maximum Gasteiger partial charge on any atom is 0.123 e. The van der Waals surface area contributed by atoms with Gasteiger partial charge in [-0.25, -0.2) is 4.39 Å². The summed E-state index contributed by atoms with van der Waals surface area (Å²) >= 11 is 0. The molecule has 2 aromatic carbocycles. The smallest absolute Gasteiger partial charge is 0.123 e. The predicted octanol–water partition coefficient (Wildman–Crippen LogP) is 4.40. The standard InChI is InChI=1S/C20H22FNO/c21-17-6-4-15(5-7-17)16-2-1-3-18(12-16)23-19-13-20(14-19)8-10-22-11-9-20/h1-7,12,19,22H,8-11,13-14H2. The fourth-order valence-electron chi connectivity index (χ4n) is 3.94. The van der Waals surface area contributed by atoms with E-state index in [1.54, 1.807) is 0 Å². The van der Waals surface area contributed by atoms with Gasteiger partial charge in [-0.3, -0.25) is 0 Å². The topological polar surface area (TPSA) is 21.3 Å². The van der Waals surface area contributed by atoms with E-state index in [0.29, 0.717) is 11.5 Å². The summed E-state index contributed by atoms with van der Waals surface area (Å²) in [6.07, 6.45) is 5.26. The van der Waals surface area contributed by atoms with Crippen LogP contribution in [0, 0.1) is 11.2 Å². The van der Waals surface area contributed by atoms with Crippen LogP contribution < -0.4 is 10.1 Å². The van der Waals surface area contributed by atoms with Gasteiger partial charge < -0.3 is 10.1 Å². The molecule has 1 heterocycles. The molecule has 0 unspecified atom stereocenters. The molecule has 1 aliphatic carbocycles. The number of benzene rings is 2. The molecule has 23 heavy (non-hydrogen) atoms. The fourth-order valence-corrected chi connectivity index (χ4v) is 3.94. The zero-order valence-electron chi connectivity index (χ0n) is 13.2. The summed E-state index contributed by atoms with van der Waals surface area (Å²) in [5.41, 5.74) is 2.61. The van der Waals surface area contributed by atoms with Crippen molar-refractivity contribution < 1.29 is 9.13 Å². The first-order valence-electron chi connectivity index (χ1n) is 8.46. The van der Waals surface area contributed by atoms with Crippen molar-refractivity contribution in [3.8, 4) is 16.9 Å². The third-order valence-electron chi connectivity index (χ3n) is 5.30. The highest BCUT2D eigenvalue weighted by Crippen LogP contribution is 2.49. The maximum atomic E-state index is 13.1. The molecule has 0 radical (unpaired) electrons. The van der Waals surface area contributed by atoms with Crippen molar-refractivity contribution in [3.63, 3.8) is 0 Å². The SMILES string of the molecule is Fc1ccc(-c2cccc(OC3CC4(CCNCC4)C3)c2)cc1. The minimum Gasteiger partial charge on any atom is -0.490 e. The summed E-state index contributed by atoms with van der Waals surface area (Å²) < 4.78 is 19.2. The van der Waals surface area contributed by atoms with Crippen molar-refractivity contribution in [1.29, 1.82) is 0 Å². The molecule has 0 amide bonds. The van der Waals surface area contributed by atoms with E-state index in [2.05, 4.69) is 11.4 Å². The molecule has 1 spiro atoms. The summed E-state index contributed by atoms with van der Waals surface area (Å²) in [4.78, 5) is 0. The molecular weight excluding hydrogens is 289 g/mol. The van der Waals surface area contributed by atoms with Gasteiger partial charge in [0.15, 0.2) is 0 Å². The minimum atomic E-state index is -0.206. The number of ether oxygens (including phenoxy) is 1. The molecule has 2 aliphatic rings. The molecule has 0 aromatic heterocycles. The summed E-state index contributed by atoms with van der Waals surface area (Å²) in [6.45, 7) is 2.29. The zero-order valence-corrected chi connectivity index (χ0v) is 13.2. The maximum absolute atomic E-state index is 13.1. The van der Waals surface area contributed by atoms with Gasteiger partial charge in [-0.2, -0.15) is 0 Å². The van der Waals surface area contributed by atoms with Gasteiger partial charge in [0.2, 0.25) is 0 Å². The van der Waals surface area contributed by atoms with Crippen molar-refractivity contribution in [2.45, 2.75) is 31.8 Å². The largest absolute Gasteiger partial charge is 0.490 e. The van der Waals surface area contributed by atoms with Gasteiger partial charge in [0.05, 0.1) is 6.10 Å². The molecule has 1 saturated carbocycles. The fraction of sp³-hybridized carbons (Fsp3) is 0.400.